The van der Waals surface area contributed by atoms with Crippen LogP contribution in [0.4, 0.5) is 18.9 Å². The fourth-order valence-electron chi connectivity index (χ4n) is 2.82. The van der Waals surface area contributed by atoms with Crippen LogP contribution >= 0.6 is 0 Å². The van der Waals surface area contributed by atoms with E-state index in [0.29, 0.717) is 12.6 Å². The van der Waals surface area contributed by atoms with Gasteiger partial charge in [-0.2, -0.15) is 13.8 Å². The number of pyridine rings is 2. The van der Waals surface area contributed by atoms with E-state index in [2.05, 4.69) is 14.4 Å². The molecule has 0 aliphatic rings. The van der Waals surface area contributed by atoms with Gasteiger partial charge in [0.1, 0.15) is 5.69 Å². The summed E-state index contributed by atoms with van der Waals surface area (Å²) in [6.45, 7) is -1.16. The molecule has 2 aromatic heterocycles. The van der Waals surface area contributed by atoms with Crippen LogP contribution in [0.25, 0.3) is 10.8 Å². The molecule has 0 saturated carbocycles. The van der Waals surface area contributed by atoms with Gasteiger partial charge >= 0.3 is 6.61 Å². The van der Waals surface area contributed by atoms with Crippen molar-refractivity contribution in [3.05, 3.63) is 52.7 Å². The van der Waals surface area contributed by atoms with Gasteiger partial charge in [-0.05, 0) is 25.1 Å². The van der Waals surface area contributed by atoms with Crippen LogP contribution in [0.3, 0.4) is 0 Å². The first-order chi connectivity index (χ1) is 14.2. The van der Waals surface area contributed by atoms with Crippen molar-refractivity contribution in [2.75, 3.05) is 11.8 Å². The van der Waals surface area contributed by atoms with Crippen molar-refractivity contribution in [2.45, 2.75) is 25.0 Å². The summed E-state index contributed by atoms with van der Waals surface area (Å²) in [5.41, 5.74) is -0.804. The molecule has 0 radical (unpaired) electrons. The Kier molecular flexibility index (Phi) is 5.87. The number of nitrogens with one attached hydrogen (secondary N) is 1. The maximum Gasteiger partial charge on any atom is 0.388 e. The molecule has 0 unspecified atom stereocenters. The highest BCUT2D eigenvalue weighted by molar-refractivity contribution is 7.93. The van der Waals surface area contributed by atoms with E-state index in [1.165, 1.54) is 35.0 Å². The number of halogens is 3. The molecule has 0 fully saturated rings. The second-order valence-electron chi connectivity index (χ2n) is 5.94. The summed E-state index contributed by atoms with van der Waals surface area (Å²) in [5.74, 6) is -2.85. The zero-order valence-electron chi connectivity index (χ0n) is 15.7. The molecule has 0 aliphatic heterocycles. The molecule has 0 amide bonds. The quantitative estimate of drug-likeness (QED) is 0.603. The predicted molar refractivity (Wildman–Crippen MR) is 102 cm³/mol. The Labute approximate surface area is 168 Å². The number of alkyl halides is 2. The Hall–Kier alpha value is -3.28. The van der Waals surface area contributed by atoms with Crippen LogP contribution in [0.15, 0.2) is 46.2 Å². The Morgan fingerprint density at radius 2 is 1.93 bits per heavy atom. The molecule has 3 aromatic rings. The lowest BCUT2D eigenvalue weighted by atomic mass is 10.2. The van der Waals surface area contributed by atoms with Crippen LogP contribution in [0, 0.1) is 5.82 Å². The van der Waals surface area contributed by atoms with Crippen LogP contribution in [0.5, 0.6) is 11.8 Å². The van der Waals surface area contributed by atoms with Gasteiger partial charge in [0.2, 0.25) is 5.88 Å². The van der Waals surface area contributed by atoms with Crippen molar-refractivity contribution >= 4 is 26.5 Å². The maximum atomic E-state index is 14.0. The lowest BCUT2D eigenvalue weighted by Gasteiger charge is -2.14. The van der Waals surface area contributed by atoms with Crippen LogP contribution in [0.1, 0.15) is 6.92 Å². The van der Waals surface area contributed by atoms with Crippen molar-refractivity contribution in [2.24, 2.45) is 0 Å². The third kappa shape index (κ3) is 4.03. The molecule has 0 atom stereocenters. The van der Waals surface area contributed by atoms with Crippen molar-refractivity contribution in [3.63, 3.8) is 0 Å². The number of ether oxygens (including phenoxy) is 2. The first-order valence-corrected chi connectivity index (χ1v) is 10.0. The van der Waals surface area contributed by atoms with Crippen LogP contribution in [0.2, 0.25) is 0 Å². The molecule has 160 valence electrons. The molecule has 0 aliphatic carbocycles. The summed E-state index contributed by atoms with van der Waals surface area (Å²) in [5, 5.41) is 0.337. The van der Waals surface area contributed by atoms with Gasteiger partial charge in [-0.3, -0.25) is 9.52 Å². The first kappa shape index (κ1) is 21.4. The SMILES string of the molecule is CCn1ccc2c(S(=O)(=O)Nc3cc(F)c(OC(F)F)nc3OC)cccc2c1=O. The number of sulfonamides is 1. The first-order valence-electron chi connectivity index (χ1n) is 8.52. The normalized spacial score (nSPS) is 11.7. The standard InChI is InChI=1S/C18H16F3N3O5S/c1-3-24-8-7-10-11(17(24)25)5-4-6-14(10)30(26,27)23-13-9-12(19)15(29-18(20)21)22-16(13)28-2/h4-9,18,23H,3H2,1-2H3. The molecule has 0 bridgehead atoms. The number of fused-ring (bicyclic) bond motifs is 1. The van der Waals surface area contributed by atoms with Gasteiger partial charge in [0.15, 0.2) is 5.82 Å². The molecule has 30 heavy (non-hydrogen) atoms. The minimum absolute atomic E-state index is 0.157. The van der Waals surface area contributed by atoms with Gasteiger partial charge in [0, 0.05) is 29.6 Å². The zero-order chi connectivity index (χ0) is 22.1. The minimum Gasteiger partial charge on any atom is -0.479 e. The average Bonchev–Trinajstić information content (AvgIpc) is 2.69. The predicted octanol–water partition coefficient (Wildman–Crippen LogP) is 2.97. The lowest BCUT2D eigenvalue weighted by Crippen LogP contribution is -2.20. The second-order valence-corrected chi connectivity index (χ2v) is 7.59. The van der Waals surface area contributed by atoms with Gasteiger partial charge < -0.3 is 14.0 Å². The topological polar surface area (TPSA) is 99.5 Å². The van der Waals surface area contributed by atoms with Crippen LogP contribution in [-0.2, 0) is 16.6 Å². The molecular weight excluding hydrogens is 427 g/mol. The fourth-order valence-corrected chi connectivity index (χ4v) is 4.10. The number of hydrogen-bond donors (Lipinski definition) is 1. The lowest BCUT2D eigenvalue weighted by molar-refractivity contribution is -0.0555. The van der Waals surface area contributed by atoms with Crippen molar-refractivity contribution < 1.29 is 31.1 Å². The van der Waals surface area contributed by atoms with Gasteiger partial charge in [-0.15, -0.1) is 0 Å². The number of nitrogens with zero attached hydrogens (tertiary/aromatic N) is 2. The number of hydrogen-bond acceptors (Lipinski definition) is 6. The summed E-state index contributed by atoms with van der Waals surface area (Å²) in [6.07, 6.45) is 1.46. The molecule has 3 rings (SSSR count). The molecule has 2 heterocycles. The Balaban J connectivity index is 2.09. The third-order valence-corrected chi connectivity index (χ3v) is 5.58. The summed E-state index contributed by atoms with van der Waals surface area (Å²) in [7, 11) is -3.24. The van der Waals surface area contributed by atoms with E-state index in [1.54, 1.807) is 6.92 Å². The van der Waals surface area contributed by atoms with E-state index in [1.807, 2.05) is 0 Å². The third-order valence-electron chi connectivity index (χ3n) is 4.16. The smallest absolute Gasteiger partial charge is 0.388 e. The summed E-state index contributed by atoms with van der Waals surface area (Å²) < 4.78 is 77.0. The number of aromatic nitrogens is 2. The van der Waals surface area contributed by atoms with E-state index in [-0.39, 0.29) is 21.2 Å². The average molecular weight is 443 g/mol. The number of aryl methyl sites for hydroxylation is 1. The van der Waals surface area contributed by atoms with E-state index < -0.39 is 39.9 Å². The molecule has 12 heteroatoms. The van der Waals surface area contributed by atoms with Crippen molar-refractivity contribution in [1.29, 1.82) is 0 Å². The van der Waals surface area contributed by atoms with E-state index >= 15 is 0 Å². The summed E-state index contributed by atoms with van der Waals surface area (Å²) in [4.78, 5) is 15.6. The van der Waals surface area contributed by atoms with E-state index in [4.69, 9.17) is 4.74 Å². The summed E-state index contributed by atoms with van der Waals surface area (Å²) in [6, 6.07) is 6.24. The Bertz CT molecular complexity index is 1260. The van der Waals surface area contributed by atoms with Crippen LogP contribution < -0.4 is 19.8 Å². The summed E-state index contributed by atoms with van der Waals surface area (Å²) >= 11 is 0. The minimum atomic E-state index is -4.34. The van der Waals surface area contributed by atoms with Crippen LogP contribution in [-0.4, -0.2) is 31.7 Å². The highest BCUT2D eigenvalue weighted by Gasteiger charge is 2.23. The van der Waals surface area contributed by atoms with E-state index in [9.17, 15) is 26.4 Å². The maximum absolute atomic E-state index is 14.0. The number of methoxy groups -OCH3 is 1. The number of rotatable bonds is 7. The highest BCUT2D eigenvalue weighted by atomic mass is 32.2. The molecule has 1 aromatic carbocycles. The Morgan fingerprint density at radius 3 is 2.57 bits per heavy atom. The fraction of sp³-hybridized carbons (Fsp3) is 0.222. The van der Waals surface area contributed by atoms with Gasteiger partial charge in [0.05, 0.1) is 12.0 Å². The second kappa shape index (κ2) is 8.22. The largest absolute Gasteiger partial charge is 0.479 e. The monoisotopic (exact) mass is 443 g/mol. The zero-order valence-corrected chi connectivity index (χ0v) is 16.5. The number of anilines is 1. The highest BCUT2D eigenvalue weighted by Crippen LogP contribution is 2.31. The molecule has 1 N–H and O–H groups in total. The van der Waals surface area contributed by atoms with Gasteiger partial charge in [-0.25, -0.2) is 12.8 Å². The van der Waals surface area contributed by atoms with Crippen molar-refractivity contribution in [3.8, 4) is 11.8 Å². The van der Waals surface area contributed by atoms with Crippen molar-refractivity contribution in [1.82, 2.24) is 9.55 Å². The molecular formula is C18H16F3N3O5S. The molecule has 0 spiro atoms. The molecule has 8 nitrogen and oxygen atoms in total. The Morgan fingerprint density at radius 1 is 1.20 bits per heavy atom. The molecule has 0 saturated heterocycles. The van der Waals surface area contributed by atoms with E-state index in [0.717, 1.165) is 7.11 Å². The number of benzene rings is 1. The van der Waals surface area contributed by atoms with Gasteiger partial charge in [0.25, 0.3) is 21.5 Å². The van der Waals surface area contributed by atoms with Gasteiger partial charge in [-0.1, -0.05) is 6.07 Å².